The summed E-state index contributed by atoms with van der Waals surface area (Å²) in [5, 5.41) is 5.12. The van der Waals surface area contributed by atoms with Crippen LogP contribution >= 0.6 is 0 Å². The van der Waals surface area contributed by atoms with Crippen LogP contribution in [0.2, 0.25) is 0 Å². The van der Waals surface area contributed by atoms with Crippen molar-refractivity contribution in [3.05, 3.63) is 54.1 Å². The van der Waals surface area contributed by atoms with Crippen LogP contribution in [0.15, 0.2) is 53.4 Å². The summed E-state index contributed by atoms with van der Waals surface area (Å²) < 4.78 is 33.7. The Hall–Kier alpha value is -2.58. The van der Waals surface area contributed by atoms with Crippen LogP contribution in [0.1, 0.15) is 10.4 Å². The molecule has 7 nitrogen and oxygen atoms in total. The number of ether oxygens (including phenoxy) is 2. The van der Waals surface area contributed by atoms with Crippen LogP contribution in [0, 0.1) is 0 Å². The molecule has 0 saturated carbocycles. The monoisotopic (exact) mass is 364 g/mol. The Labute approximate surface area is 147 Å². The highest BCUT2D eigenvalue weighted by atomic mass is 32.2. The van der Waals surface area contributed by atoms with Gasteiger partial charge in [-0.05, 0) is 30.3 Å². The van der Waals surface area contributed by atoms with Crippen molar-refractivity contribution >= 4 is 15.9 Å². The predicted molar refractivity (Wildman–Crippen MR) is 93.3 cm³/mol. The summed E-state index contributed by atoms with van der Waals surface area (Å²) in [6.45, 7) is 0.611. The van der Waals surface area contributed by atoms with Crippen LogP contribution < -0.4 is 14.6 Å². The molecule has 134 valence electrons. The fourth-order valence-electron chi connectivity index (χ4n) is 2.16. The molecule has 0 aromatic heterocycles. The molecule has 0 atom stereocenters. The number of carbonyl (C=O) groups excluding carboxylic acids is 1. The third-order valence-corrected chi connectivity index (χ3v) is 4.43. The highest BCUT2D eigenvalue weighted by Gasteiger charge is 2.20. The van der Waals surface area contributed by atoms with E-state index < -0.39 is 10.0 Å². The number of methoxy groups -OCH3 is 1. The van der Waals surface area contributed by atoms with Crippen LogP contribution in [0.5, 0.6) is 11.5 Å². The molecule has 0 aliphatic heterocycles. The van der Waals surface area contributed by atoms with Crippen molar-refractivity contribution in [2.24, 2.45) is 5.14 Å². The molecule has 2 rings (SSSR count). The lowest BCUT2D eigenvalue weighted by Crippen LogP contribution is -2.31. The van der Waals surface area contributed by atoms with Crippen LogP contribution in [0.3, 0.4) is 0 Å². The Morgan fingerprint density at radius 3 is 2.44 bits per heavy atom. The van der Waals surface area contributed by atoms with E-state index in [0.717, 1.165) is 0 Å². The molecule has 0 saturated heterocycles. The largest absolute Gasteiger partial charge is 0.496 e. The number of para-hydroxylation sites is 1. The van der Waals surface area contributed by atoms with Gasteiger partial charge in [-0.25, -0.2) is 13.6 Å². The number of nitrogens with two attached hydrogens (primary N) is 1. The van der Waals surface area contributed by atoms with Crippen LogP contribution in [0.4, 0.5) is 0 Å². The van der Waals surface area contributed by atoms with Gasteiger partial charge in [-0.1, -0.05) is 18.2 Å². The van der Waals surface area contributed by atoms with Gasteiger partial charge in [0.2, 0.25) is 10.0 Å². The predicted octanol–water partition coefficient (Wildman–Crippen LogP) is 1.49. The van der Waals surface area contributed by atoms with Crippen molar-refractivity contribution in [2.45, 2.75) is 4.90 Å². The second-order valence-electron chi connectivity index (χ2n) is 5.30. The third kappa shape index (κ3) is 4.94. The van der Waals surface area contributed by atoms with Gasteiger partial charge in [0.05, 0.1) is 24.1 Å². The number of benzene rings is 2. The van der Waals surface area contributed by atoms with Crippen molar-refractivity contribution in [1.29, 1.82) is 0 Å². The second kappa shape index (κ2) is 8.00. The quantitative estimate of drug-likeness (QED) is 0.802. The van der Waals surface area contributed by atoms with E-state index in [1.165, 1.54) is 30.2 Å². The lowest BCUT2D eigenvalue weighted by molar-refractivity contribution is 0.0770. The van der Waals surface area contributed by atoms with Gasteiger partial charge in [0.1, 0.15) is 18.1 Å². The van der Waals surface area contributed by atoms with Gasteiger partial charge in [0, 0.05) is 7.05 Å². The average Bonchev–Trinajstić information content (AvgIpc) is 2.60. The van der Waals surface area contributed by atoms with E-state index in [4.69, 9.17) is 14.6 Å². The zero-order valence-corrected chi connectivity index (χ0v) is 14.8. The molecule has 2 N–H and O–H groups in total. The van der Waals surface area contributed by atoms with Gasteiger partial charge in [0.25, 0.3) is 5.91 Å². The summed E-state index contributed by atoms with van der Waals surface area (Å²) >= 11 is 0. The molecule has 2 aromatic carbocycles. The highest BCUT2D eigenvalue weighted by molar-refractivity contribution is 7.89. The molecule has 0 heterocycles. The van der Waals surface area contributed by atoms with E-state index in [1.54, 1.807) is 7.05 Å². The number of hydrogen-bond donors (Lipinski definition) is 1. The average molecular weight is 364 g/mol. The molecule has 1 amide bonds. The molecular formula is C17H20N2O5S. The molecule has 2 aromatic rings. The number of amides is 1. The van der Waals surface area contributed by atoms with E-state index in [2.05, 4.69) is 0 Å². The summed E-state index contributed by atoms with van der Waals surface area (Å²) in [6.07, 6.45) is 0. The summed E-state index contributed by atoms with van der Waals surface area (Å²) in [5.41, 5.74) is 0.122. The van der Waals surface area contributed by atoms with E-state index in [9.17, 15) is 13.2 Å². The first kappa shape index (κ1) is 18.8. The first-order valence-corrected chi connectivity index (χ1v) is 9.01. The molecule has 8 heteroatoms. The summed E-state index contributed by atoms with van der Waals surface area (Å²) in [6, 6.07) is 13.1. The van der Waals surface area contributed by atoms with Crippen molar-refractivity contribution in [3.63, 3.8) is 0 Å². The minimum Gasteiger partial charge on any atom is -0.496 e. The van der Waals surface area contributed by atoms with Gasteiger partial charge < -0.3 is 14.4 Å². The van der Waals surface area contributed by atoms with E-state index in [-0.39, 0.29) is 22.1 Å². The van der Waals surface area contributed by atoms with Gasteiger partial charge in [0.15, 0.2) is 0 Å². The van der Waals surface area contributed by atoms with Crippen molar-refractivity contribution in [2.75, 3.05) is 27.3 Å². The molecular weight excluding hydrogens is 344 g/mol. The molecule has 0 aliphatic rings. The maximum atomic E-state index is 12.6. The van der Waals surface area contributed by atoms with Crippen molar-refractivity contribution in [1.82, 2.24) is 4.90 Å². The van der Waals surface area contributed by atoms with Gasteiger partial charge >= 0.3 is 0 Å². The van der Waals surface area contributed by atoms with E-state index >= 15 is 0 Å². The number of rotatable bonds is 7. The topological polar surface area (TPSA) is 98.9 Å². The van der Waals surface area contributed by atoms with Crippen LogP contribution in [-0.4, -0.2) is 46.5 Å². The minimum absolute atomic E-state index is 0.122. The number of sulfonamides is 1. The van der Waals surface area contributed by atoms with Gasteiger partial charge in [-0.15, -0.1) is 0 Å². The van der Waals surface area contributed by atoms with Gasteiger partial charge in [-0.3, -0.25) is 4.79 Å². The molecule has 0 spiro atoms. The number of hydrogen-bond acceptors (Lipinski definition) is 5. The Balaban J connectivity index is 2.10. The summed E-state index contributed by atoms with van der Waals surface area (Å²) in [4.78, 5) is 13.9. The first-order chi connectivity index (χ1) is 11.8. The third-order valence-electron chi connectivity index (χ3n) is 3.52. The normalized spacial score (nSPS) is 11.0. The zero-order chi connectivity index (χ0) is 18.4. The summed E-state index contributed by atoms with van der Waals surface area (Å²) in [7, 11) is -0.912. The first-order valence-electron chi connectivity index (χ1n) is 7.47. The van der Waals surface area contributed by atoms with Crippen LogP contribution in [0.25, 0.3) is 0 Å². The lowest BCUT2D eigenvalue weighted by Gasteiger charge is -2.19. The highest BCUT2D eigenvalue weighted by Crippen LogP contribution is 2.23. The second-order valence-corrected chi connectivity index (χ2v) is 6.86. The SMILES string of the molecule is COc1ccc(S(N)(=O)=O)cc1C(=O)N(C)CCOc1ccccc1. The molecule has 0 bridgehead atoms. The molecule has 0 unspecified atom stereocenters. The molecule has 0 fully saturated rings. The van der Waals surface area contributed by atoms with Crippen molar-refractivity contribution < 1.29 is 22.7 Å². The maximum Gasteiger partial charge on any atom is 0.257 e. The van der Waals surface area contributed by atoms with E-state index in [1.807, 2.05) is 30.3 Å². The number of carbonyl (C=O) groups is 1. The molecule has 0 radical (unpaired) electrons. The fraction of sp³-hybridized carbons (Fsp3) is 0.235. The van der Waals surface area contributed by atoms with Gasteiger partial charge in [-0.2, -0.15) is 0 Å². The van der Waals surface area contributed by atoms with Crippen LogP contribution in [-0.2, 0) is 10.0 Å². The standard InChI is InChI=1S/C17H20N2O5S/c1-19(10-11-24-13-6-4-3-5-7-13)17(20)15-12-14(25(18,21)22)8-9-16(15)23-2/h3-9,12H,10-11H2,1-2H3,(H2,18,21,22). The van der Waals surface area contributed by atoms with Crippen molar-refractivity contribution in [3.8, 4) is 11.5 Å². The Kier molecular flexibility index (Phi) is 6.00. The molecule has 25 heavy (non-hydrogen) atoms. The Morgan fingerprint density at radius 2 is 1.84 bits per heavy atom. The lowest BCUT2D eigenvalue weighted by atomic mass is 10.1. The fourth-order valence-corrected chi connectivity index (χ4v) is 2.70. The Bertz CT molecular complexity index is 837. The maximum absolute atomic E-state index is 12.6. The number of primary sulfonamides is 1. The smallest absolute Gasteiger partial charge is 0.257 e. The number of nitrogens with zero attached hydrogens (tertiary/aromatic N) is 1. The minimum atomic E-state index is -3.91. The summed E-state index contributed by atoms with van der Waals surface area (Å²) in [5.74, 6) is 0.587. The van der Waals surface area contributed by atoms with E-state index in [0.29, 0.717) is 18.9 Å². The number of likely N-dealkylation sites (N-methyl/N-ethyl adjacent to an activating group) is 1. The zero-order valence-electron chi connectivity index (χ0n) is 14.0. The Morgan fingerprint density at radius 1 is 1.16 bits per heavy atom. The molecule has 0 aliphatic carbocycles.